The Hall–Kier alpha value is -1.55. The van der Waals surface area contributed by atoms with E-state index in [1.54, 1.807) is 29.2 Å². The molecular weight excluding hydrogens is 242 g/mol. The smallest absolute Gasteiger partial charge is 0.311 e. The molecule has 0 aliphatic carbocycles. The second kappa shape index (κ2) is 4.75. The molecule has 0 bridgehead atoms. The number of anilines is 1. The third-order valence-electron chi connectivity index (χ3n) is 2.78. The highest BCUT2D eigenvalue weighted by Crippen LogP contribution is 2.27. The SMILES string of the molecule is COC(=O)[C@@H]1CC(=O)N(c2cccc(Cl)c2)C1. The lowest BCUT2D eigenvalue weighted by molar-refractivity contribution is -0.145. The highest BCUT2D eigenvalue weighted by molar-refractivity contribution is 6.30. The van der Waals surface area contributed by atoms with Crippen LogP contribution in [0.5, 0.6) is 0 Å². The molecule has 1 amide bonds. The van der Waals surface area contributed by atoms with E-state index in [1.807, 2.05) is 0 Å². The van der Waals surface area contributed by atoms with Crippen LogP contribution < -0.4 is 4.90 Å². The number of halogens is 1. The highest BCUT2D eigenvalue weighted by atomic mass is 35.5. The molecule has 1 atom stereocenters. The molecule has 0 radical (unpaired) electrons. The van der Waals surface area contributed by atoms with Gasteiger partial charge in [-0.25, -0.2) is 0 Å². The Labute approximate surface area is 104 Å². The zero-order chi connectivity index (χ0) is 12.4. The van der Waals surface area contributed by atoms with E-state index in [1.165, 1.54) is 7.11 Å². The summed E-state index contributed by atoms with van der Waals surface area (Å²) in [4.78, 5) is 24.7. The van der Waals surface area contributed by atoms with Crippen LogP contribution >= 0.6 is 11.6 Å². The van der Waals surface area contributed by atoms with Crippen LogP contribution in [0, 0.1) is 5.92 Å². The first-order chi connectivity index (χ1) is 8.11. The van der Waals surface area contributed by atoms with Crippen LogP contribution in [-0.2, 0) is 14.3 Å². The normalized spacial score (nSPS) is 19.5. The summed E-state index contributed by atoms with van der Waals surface area (Å²) in [6.07, 6.45) is 0.194. The molecule has 90 valence electrons. The fourth-order valence-electron chi connectivity index (χ4n) is 1.93. The molecule has 1 aliphatic rings. The molecule has 1 saturated heterocycles. The quantitative estimate of drug-likeness (QED) is 0.756. The molecule has 0 N–H and O–H groups in total. The fourth-order valence-corrected chi connectivity index (χ4v) is 2.11. The minimum Gasteiger partial charge on any atom is -0.469 e. The van der Waals surface area contributed by atoms with E-state index in [-0.39, 0.29) is 24.2 Å². The van der Waals surface area contributed by atoms with Gasteiger partial charge in [0, 0.05) is 23.7 Å². The molecule has 1 fully saturated rings. The molecule has 2 rings (SSSR count). The number of methoxy groups -OCH3 is 1. The van der Waals surface area contributed by atoms with Gasteiger partial charge in [0.1, 0.15) is 0 Å². The standard InChI is InChI=1S/C12H12ClNO3/c1-17-12(16)8-5-11(15)14(7-8)10-4-2-3-9(13)6-10/h2-4,6,8H,5,7H2,1H3/t8-/m1/s1. The van der Waals surface area contributed by atoms with Crippen molar-refractivity contribution in [1.82, 2.24) is 0 Å². The average molecular weight is 254 g/mol. The summed E-state index contributed by atoms with van der Waals surface area (Å²) in [5.74, 6) is -0.808. The molecule has 17 heavy (non-hydrogen) atoms. The Bertz CT molecular complexity index is 461. The van der Waals surface area contributed by atoms with Crippen molar-refractivity contribution in [3.05, 3.63) is 29.3 Å². The minimum atomic E-state index is -0.383. The summed E-state index contributed by atoms with van der Waals surface area (Å²) in [5.41, 5.74) is 0.717. The third-order valence-corrected chi connectivity index (χ3v) is 3.01. The zero-order valence-electron chi connectivity index (χ0n) is 9.35. The topological polar surface area (TPSA) is 46.6 Å². The number of rotatable bonds is 2. The number of hydrogen-bond donors (Lipinski definition) is 0. The van der Waals surface area contributed by atoms with Crippen molar-refractivity contribution in [3.63, 3.8) is 0 Å². The van der Waals surface area contributed by atoms with Gasteiger partial charge in [-0.3, -0.25) is 9.59 Å². The third kappa shape index (κ3) is 2.42. The van der Waals surface area contributed by atoms with Crippen molar-refractivity contribution in [2.75, 3.05) is 18.6 Å². The molecular formula is C12H12ClNO3. The van der Waals surface area contributed by atoms with Gasteiger partial charge in [0.15, 0.2) is 0 Å². The molecule has 0 aromatic heterocycles. The number of benzene rings is 1. The van der Waals surface area contributed by atoms with Gasteiger partial charge < -0.3 is 9.64 Å². The number of amides is 1. The van der Waals surface area contributed by atoms with Crippen LogP contribution in [0.15, 0.2) is 24.3 Å². The van der Waals surface area contributed by atoms with E-state index in [0.29, 0.717) is 17.3 Å². The number of nitrogens with zero attached hydrogens (tertiary/aromatic N) is 1. The highest BCUT2D eigenvalue weighted by Gasteiger charge is 2.35. The molecule has 1 aromatic carbocycles. The number of carbonyl (C=O) groups excluding carboxylic acids is 2. The molecule has 0 spiro atoms. The summed E-state index contributed by atoms with van der Waals surface area (Å²) < 4.78 is 4.65. The largest absolute Gasteiger partial charge is 0.469 e. The van der Waals surface area contributed by atoms with Crippen molar-refractivity contribution in [2.45, 2.75) is 6.42 Å². The van der Waals surface area contributed by atoms with Crippen LogP contribution in [0.1, 0.15) is 6.42 Å². The first-order valence-corrected chi connectivity index (χ1v) is 5.63. The summed E-state index contributed by atoms with van der Waals surface area (Å²) in [6.45, 7) is 0.353. The number of esters is 1. The van der Waals surface area contributed by atoms with E-state index in [2.05, 4.69) is 4.74 Å². The van der Waals surface area contributed by atoms with Crippen LogP contribution in [0.25, 0.3) is 0 Å². The van der Waals surface area contributed by atoms with Crippen LogP contribution in [0.3, 0.4) is 0 Å². The predicted octanol–water partition coefficient (Wildman–Crippen LogP) is 1.87. The Balaban J connectivity index is 2.18. The summed E-state index contributed by atoms with van der Waals surface area (Å²) >= 11 is 5.87. The van der Waals surface area contributed by atoms with Gasteiger partial charge in [0.25, 0.3) is 0 Å². The molecule has 1 heterocycles. The van der Waals surface area contributed by atoms with Gasteiger partial charge in [-0.05, 0) is 18.2 Å². The zero-order valence-corrected chi connectivity index (χ0v) is 10.1. The van der Waals surface area contributed by atoms with Crippen LogP contribution in [0.4, 0.5) is 5.69 Å². The molecule has 0 saturated carbocycles. The van der Waals surface area contributed by atoms with Gasteiger partial charge in [0.2, 0.25) is 5.91 Å². The van der Waals surface area contributed by atoms with Crippen molar-refractivity contribution in [1.29, 1.82) is 0 Å². The van der Waals surface area contributed by atoms with Crippen LogP contribution in [-0.4, -0.2) is 25.5 Å². The van der Waals surface area contributed by atoms with E-state index in [4.69, 9.17) is 11.6 Å². The lowest BCUT2D eigenvalue weighted by Crippen LogP contribution is -2.26. The maximum atomic E-state index is 11.8. The van der Waals surface area contributed by atoms with Crippen molar-refractivity contribution in [2.24, 2.45) is 5.92 Å². The molecule has 4 nitrogen and oxygen atoms in total. The Morgan fingerprint density at radius 3 is 2.94 bits per heavy atom. The van der Waals surface area contributed by atoms with Gasteiger partial charge >= 0.3 is 5.97 Å². The maximum absolute atomic E-state index is 11.8. The Morgan fingerprint density at radius 1 is 1.53 bits per heavy atom. The number of ether oxygens (including phenoxy) is 1. The van der Waals surface area contributed by atoms with Crippen LogP contribution in [0.2, 0.25) is 5.02 Å². The Kier molecular flexibility index (Phi) is 3.33. The van der Waals surface area contributed by atoms with E-state index in [0.717, 1.165) is 0 Å². The van der Waals surface area contributed by atoms with Gasteiger partial charge in [-0.15, -0.1) is 0 Å². The summed E-state index contributed by atoms with van der Waals surface area (Å²) in [5, 5.41) is 0.566. The molecule has 1 aliphatic heterocycles. The monoisotopic (exact) mass is 253 g/mol. The molecule has 0 unspecified atom stereocenters. The van der Waals surface area contributed by atoms with E-state index >= 15 is 0 Å². The molecule has 5 heteroatoms. The lowest BCUT2D eigenvalue weighted by Gasteiger charge is -2.16. The second-order valence-corrected chi connectivity index (χ2v) is 4.34. The first kappa shape index (κ1) is 11.9. The Morgan fingerprint density at radius 2 is 2.29 bits per heavy atom. The fraction of sp³-hybridized carbons (Fsp3) is 0.333. The van der Waals surface area contributed by atoms with E-state index in [9.17, 15) is 9.59 Å². The molecule has 1 aromatic rings. The number of carbonyl (C=O) groups is 2. The predicted molar refractivity (Wildman–Crippen MR) is 63.9 cm³/mol. The number of hydrogen-bond acceptors (Lipinski definition) is 3. The van der Waals surface area contributed by atoms with Gasteiger partial charge in [0.05, 0.1) is 13.0 Å². The minimum absolute atomic E-state index is 0.0809. The van der Waals surface area contributed by atoms with Gasteiger partial charge in [-0.2, -0.15) is 0 Å². The van der Waals surface area contributed by atoms with E-state index < -0.39 is 0 Å². The lowest BCUT2D eigenvalue weighted by atomic mass is 10.1. The maximum Gasteiger partial charge on any atom is 0.311 e. The van der Waals surface area contributed by atoms with Crippen molar-refractivity contribution in [3.8, 4) is 0 Å². The van der Waals surface area contributed by atoms with Crippen molar-refractivity contribution >= 4 is 29.2 Å². The summed E-state index contributed by atoms with van der Waals surface area (Å²) in [6, 6.07) is 7.02. The van der Waals surface area contributed by atoms with Gasteiger partial charge in [-0.1, -0.05) is 17.7 Å². The first-order valence-electron chi connectivity index (χ1n) is 5.25. The average Bonchev–Trinajstić information content (AvgIpc) is 2.70. The second-order valence-electron chi connectivity index (χ2n) is 3.91. The van der Waals surface area contributed by atoms with Crippen molar-refractivity contribution < 1.29 is 14.3 Å². The summed E-state index contributed by atoms with van der Waals surface area (Å²) in [7, 11) is 1.33.